The first-order valence-electron chi connectivity index (χ1n) is 11.0. The fourth-order valence-corrected chi connectivity index (χ4v) is 4.32. The fourth-order valence-electron chi connectivity index (χ4n) is 4.11. The third kappa shape index (κ3) is 5.14. The van der Waals surface area contributed by atoms with Crippen LogP contribution in [0.15, 0.2) is 60.9 Å². The Morgan fingerprint density at radius 2 is 1.97 bits per heavy atom. The quantitative estimate of drug-likeness (QED) is 0.663. The summed E-state index contributed by atoms with van der Waals surface area (Å²) in [7, 11) is 0. The Morgan fingerprint density at radius 1 is 1.19 bits per heavy atom. The predicted molar refractivity (Wildman–Crippen MR) is 125 cm³/mol. The number of amides is 2. The summed E-state index contributed by atoms with van der Waals surface area (Å²) in [5.41, 5.74) is 6.85. The van der Waals surface area contributed by atoms with Gasteiger partial charge in [-0.2, -0.15) is 0 Å². The molecule has 2 atom stereocenters. The van der Waals surface area contributed by atoms with Gasteiger partial charge in [0.05, 0.1) is 6.04 Å². The summed E-state index contributed by atoms with van der Waals surface area (Å²) in [5.74, 6) is 0.415. The van der Waals surface area contributed by atoms with Crippen LogP contribution in [0.2, 0.25) is 5.02 Å². The van der Waals surface area contributed by atoms with Crippen molar-refractivity contribution in [3.8, 4) is 0 Å². The standard InChI is InChI=1S/C25H29ClN4O2/c1-17(2)19-6-8-20(9-7-19)22-15-23-25(32)29(12-13-30(23)28-22)11-10-24(31)27-16-18-4-3-5-21(26)14-18/h3-9,12-14,17,22-23,28H,10-11,15-16H2,1-2H3,(H,27,31). The Morgan fingerprint density at radius 3 is 2.69 bits per heavy atom. The number of benzene rings is 2. The van der Waals surface area contributed by atoms with Gasteiger partial charge in [-0.25, -0.2) is 5.43 Å². The van der Waals surface area contributed by atoms with Crippen molar-refractivity contribution in [1.82, 2.24) is 20.7 Å². The molecule has 2 aromatic rings. The zero-order valence-electron chi connectivity index (χ0n) is 18.4. The van der Waals surface area contributed by atoms with Crippen molar-refractivity contribution < 1.29 is 9.59 Å². The first-order chi connectivity index (χ1) is 15.4. The lowest BCUT2D eigenvalue weighted by Gasteiger charge is -2.31. The Labute approximate surface area is 194 Å². The van der Waals surface area contributed by atoms with Gasteiger partial charge in [0, 0.05) is 36.9 Å². The molecule has 2 unspecified atom stereocenters. The maximum atomic E-state index is 13.0. The first kappa shape index (κ1) is 22.4. The minimum atomic E-state index is -0.260. The van der Waals surface area contributed by atoms with E-state index < -0.39 is 0 Å². The number of fused-ring (bicyclic) bond motifs is 1. The van der Waals surface area contributed by atoms with E-state index in [0.29, 0.717) is 30.5 Å². The van der Waals surface area contributed by atoms with E-state index in [2.05, 4.69) is 48.9 Å². The van der Waals surface area contributed by atoms with Crippen molar-refractivity contribution in [1.29, 1.82) is 0 Å². The van der Waals surface area contributed by atoms with Crippen molar-refractivity contribution in [3.05, 3.63) is 82.6 Å². The monoisotopic (exact) mass is 452 g/mol. The average Bonchev–Trinajstić information content (AvgIpc) is 3.23. The molecule has 0 aromatic heterocycles. The van der Waals surface area contributed by atoms with Gasteiger partial charge < -0.3 is 15.2 Å². The Kier molecular flexibility index (Phi) is 6.82. The maximum absolute atomic E-state index is 13.0. The minimum absolute atomic E-state index is 0.0175. The van der Waals surface area contributed by atoms with E-state index in [4.69, 9.17) is 11.6 Å². The predicted octanol–water partition coefficient (Wildman–Crippen LogP) is 4.10. The Balaban J connectivity index is 1.28. The summed E-state index contributed by atoms with van der Waals surface area (Å²) in [4.78, 5) is 26.9. The number of hydrogen-bond acceptors (Lipinski definition) is 4. The molecule has 0 saturated carbocycles. The summed E-state index contributed by atoms with van der Waals surface area (Å²) in [6.07, 6.45) is 4.58. The highest BCUT2D eigenvalue weighted by Crippen LogP contribution is 2.31. The third-order valence-electron chi connectivity index (χ3n) is 6.04. The highest BCUT2D eigenvalue weighted by molar-refractivity contribution is 6.30. The zero-order chi connectivity index (χ0) is 22.7. The summed E-state index contributed by atoms with van der Waals surface area (Å²) >= 11 is 5.98. The van der Waals surface area contributed by atoms with Gasteiger partial charge >= 0.3 is 0 Å². The van der Waals surface area contributed by atoms with Crippen molar-refractivity contribution >= 4 is 23.4 Å². The summed E-state index contributed by atoms with van der Waals surface area (Å²) in [5, 5.41) is 5.42. The van der Waals surface area contributed by atoms with E-state index >= 15 is 0 Å². The summed E-state index contributed by atoms with van der Waals surface area (Å²) in [6.45, 7) is 5.13. The highest BCUT2D eigenvalue weighted by Gasteiger charge is 2.39. The SMILES string of the molecule is CC(C)c1ccc(C2CC3C(=O)N(CCC(=O)NCc4cccc(Cl)c4)C=CN3N2)cc1. The van der Waals surface area contributed by atoms with E-state index in [-0.39, 0.29) is 30.3 Å². The van der Waals surface area contributed by atoms with Gasteiger partial charge in [-0.05, 0) is 41.2 Å². The van der Waals surface area contributed by atoms with Gasteiger partial charge in [0.2, 0.25) is 5.91 Å². The van der Waals surface area contributed by atoms with Crippen molar-refractivity contribution in [2.75, 3.05) is 6.54 Å². The number of carbonyl (C=O) groups excluding carboxylic acids is 2. The van der Waals surface area contributed by atoms with E-state index in [1.807, 2.05) is 29.4 Å². The van der Waals surface area contributed by atoms with Crippen LogP contribution in [0.3, 0.4) is 0 Å². The minimum Gasteiger partial charge on any atom is -0.352 e. The molecular formula is C25H29ClN4O2. The van der Waals surface area contributed by atoms with E-state index in [1.54, 1.807) is 17.2 Å². The smallest absolute Gasteiger partial charge is 0.250 e. The van der Waals surface area contributed by atoms with Crippen LogP contribution in [0.1, 0.15) is 55.3 Å². The third-order valence-corrected chi connectivity index (χ3v) is 6.27. The number of hydrogen-bond donors (Lipinski definition) is 2. The van der Waals surface area contributed by atoms with Gasteiger partial charge in [-0.15, -0.1) is 0 Å². The number of hydrazine groups is 1. The first-order valence-corrected chi connectivity index (χ1v) is 11.4. The second-order valence-corrected chi connectivity index (χ2v) is 9.08. The van der Waals surface area contributed by atoms with Crippen molar-refractivity contribution in [3.63, 3.8) is 0 Å². The van der Waals surface area contributed by atoms with Crippen LogP contribution >= 0.6 is 11.6 Å². The molecule has 2 aliphatic rings. The molecule has 1 fully saturated rings. The molecule has 7 heteroatoms. The van der Waals surface area contributed by atoms with Gasteiger partial charge in [0.15, 0.2) is 0 Å². The highest BCUT2D eigenvalue weighted by atomic mass is 35.5. The molecule has 6 nitrogen and oxygen atoms in total. The number of rotatable bonds is 7. The molecule has 4 rings (SSSR count). The molecule has 32 heavy (non-hydrogen) atoms. The van der Waals surface area contributed by atoms with Crippen LogP contribution in [0.25, 0.3) is 0 Å². The summed E-state index contributed by atoms with van der Waals surface area (Å²) in [6, 6.07) is 15.8. The van der Waals surface area contributed by atoms with Gasteiger partial charge in [0.25, 0.3) is 5.91 Å². The largest absolute Gasteiger partial charge is 0.352 e. The molecule has 0 radical (unpaired) electrons. The topological polar surface area (TPSA) is 64.7 Å². The molecule has 0 bridgehead atoms. The van der Waals surface area contributed by atoms with Crippen LogP contribution < -0.4 is 10.7 Å². The second kappa shape index (κ2) is 9.76. The number of halogens is 1. The van der Waals surface area contributed by atoms with E-state index in [0.717, 1.165) is 5.56 Å². The molecule has 0 aliphatic carbocycles. The fraction of sp³-hybridized carbons (Fsp3) is 0.360. The lowest BCUT2D eigenvalue weighted by atomic mass is 9.97. The van der Waals surface area contributed by atoms with Crippen molar-refractivity contribution in [2.45, 2.75) is 51.2 Å². The normalized spacial score (nSPS) is 20.1. The number of carbonyl (C=O) groups is 2. The Bertz CT molecular complexity index is 1010. The molecule has 2 amide bonds. The second-order valence-electron chi connectivity index (χ2n) is 8.65. The van der Waals surface area contributed by atoms with Crippen LogP contribution in [0, 0.1) is 0 Å². The molecule has 2 aliphatic heterocycles. The molecule has 2 heterocycles. The van der Waals surface area contributed by atoms with Crippen molar-refractivity contribution in [2.24, 2.45) is 0 Å². The van der Waals surface area contributed by atoms with Gasteiger partial charge in [-0.3, -0.25) is 9.59 Å². The Hall–Kier alpha value is -2.83. The molecule has 2 aromatic carbocycles. The molecule has 168 valence electrons. The van der Waals surface area contributed by atoms with Crippen LogP contribution in [-0.4, -0.2) is 34.3 Å². The number of nitrogens with zero attached hydrogens (tertiary/aromatic N) is 2. The van der Waals surface area contributed by atoms with Gasteiger partial charge in [0.1, 0.15) is 6.04 Å². The average molecular weight is 453 g/mol. The van der Waals surface area contributed by atoms with Crippen LogP contribution in [-0.2, 0) is 16.1 Å². The van der Waals surface area contributed by atoms with Gasteiger partial charge in [-0.1, -0.05) is 61.8 Å². The van der Waals surface area contributed by atoms with E-state index in [1.165, 1.54) is 11.1 Å². The lowest BCUT2D eigenvalue weighted by molar-refractivity contribution is -0.134. The number of nitrogens with one attached hydrogen (secondary N) is 2. The molecule has 2 N–H and O–H groups in total. The van der Waals surface area contributed by atoms with Crippen LogP contribution in [0.4, 0.5) is 0 Å². The summed E-state index contributed by atoms with van der Waals surface area (Å²) < 4.78 is 0. The molecule has 0 spiro atoms. The molecule has 1 saturated heterocycles. The zero-order valence-corrected chi connectivity index (χ0v) is 19.2. The van der Waals surface area contributed by atoms with E-state index in [9.17, 15) is 9.59 Å². The maximum Gasteiger partial charge on any atom is 0.250 e. The van der Waals surface area contributed by atoms with Crippen LogP contribution in [0.5, 0.6) is 0 Å². The lowest BCUT2D eigenvalue weighted by Crippen LogP contribution is -2.48. The molecular weight excluding hydrogens is 424 g/mol.